The van der Waals surface area contributed by atoms with E-state index in [-0.39, 0.29) is 36.2 Å². The van der Waals surface area contributed by atoms with Crippen LogP contribution in [0.5, 0.6) is 11.5 Å². The first-order valence-electron chi connectivity index (χ1n) is 16.1. The number of benzene rings is 3. The number of piperidine rings is 1. The first-order chi connectivity index (χ1) is 21.6. The minimum atomic E-state index is -0.391. The summed E-state index contributed by atoms with van der Waals surface area (Å²) in [6.07, 6.45) is 3.05. The van der Waals surface area contributed by atoms with E-state index in [9.17, 15) is 9.59 Å². The number of hydrogen-bond donors (Lipinski definition) is 1. The van der Waals surface area contributed by atoms with Gasteiger partial charge in [-0.15, -0.1) is 0 Å². The van der Waals surface area contributed by atoms with Crippen molar-refractivity contribution in [1.29, 1.82) is 0 Å². The van der Waals surface area contributed by atoms with E-state index in [4.69, 9.17) is 21.1 Å². The molecule has 0 aliphatic carbocycles. The minimum absolute atomic E-state index is 0.00747. The molecule has 3 aromatic carbocycles. The highest BCUT2D eigenvalue weighted by Crippen LogP contribution is 2.44. The number of hydrogen-bond acceptors (Lipinski definition) is 6. The van der Waals surface area contributed by atoms with Crippen molar-refractivity contribution < 1.29 is 19.1 Å². The molecular weight excluding hydrogens is 586 g/mol. The fourth-order valence-electron chi connectivity index (χ4n) is 6.62. The van der Waals surface area contributed by atoms with Crippen molar-refractivity contribution in [2.24, 2.45) is 11.8 Å². The zero-order valence-electron chi connectivity index (χ0n) is 27.3. The van der Waals surface area contributed by atoms with Gasteiger partial charge >= 0.3 is 0 Å². The van der Waals surface area contributed by atoms with E-state index in [0.717, 1.165) is 60.4 Å². The molecule has 2 heterocycles. The lowest BCUT2D eigenvalue weighted by atomic mass is 9.83. The van der Waals surface area contributed by atoms with Crippen LogP contribution in [0, 0.1) is 11.8 Å². The van der Waals surface area contributed by atoms with Crippen LogP contribution in [0.15, 0.2) is 60.7 Å². The smallest absolute Gasteiger partial charge is 0.232 e. The van der Waals surface area contributed by atoms with Crippen LogP contribution in [-0.4, -0.2) is 51.1 Å². The van der Waals surface area contributed by atoms with E-state index in [1.807, 2.05) is 93.4 Å². The van der Waals surface area contributed by atoms with Gasteiger partial charge in [-0.2, -0.15) is 0 Å². The Hall–Kier alpha value is -3.55. The predicted octanol–water partition coefficient (Wildman–Crippen LogP) is 7.23. The van der Waals surface area contributed by atoms with E-state index in [0.29, 0.717) is 22.4 Å². The predicted molar refractivity (Wildman–Crippen MR) is 182 cm³/mol. The minimum Gasteiger partial charge on any atom is -0.493 e. The van der Waals surface area contributed by atoms with Gasteiger partial charge in [-0.3, -0.25) is 9.59 Å². The number of carbonyl (C=O) groups excluding carboxylic acids is 2. The summed E-state index contributed by atoms with van der Waals surface area (Å²) in [5.41, 5.74) is 4.60. The van der Waals surface area contributed by atoms with Crippen LogP contribution >= 0.6 is 11.6 Å². The van der Waals surface area contributed by atoms with Gasteiger partial charge in [0.25, 0.3) is 0 Å². The summed E-state index contributed by atoms with van der Waals surface area (Å²) in [7, 11) is 3.65. The van der Waals surface area contributed by atoms with Gasteiger partial charge in [0.1, 0.15) is 0 Å². The summed E-state index contributed by atoms with van der Waals surface area (Å²) in [6.45, 7) is 9.95. The summed E-state index contributed by atoms with van der Waals surface area (Å²) < 4.78 is 12.0. The molecule has 1 fully saturated rings. The third-order valence-electron chi connectivity index (χ3n) is 9.32. The van der Waals surface area contributed by atoms with Gasteiger partial charge in [0.15, 0.2) is 17.3 Å². The Morgan fingerprint density at radius 2 is 1.69 bits per heavy atom. The normalized spacial score (nSPS) is 18.4. The highest BCUT2D eigenvalue weighted by atomic mass is 35.5. The second-order valence-corrected chi connectivity index (χ2v) is 13.1. The molecule has 3 aromatic rings. The quantitative estimate of drug-likeness (QED) is 0.241. The number of fused-ring (bicyclic) bond motifs is 1. The molecule has 0 saturated carbocycles. The number of halogens is 1. The second-order valence-electron chi connectivity index (χ2n) is 12.6. The highest BCUT2D eigenvalue weighted by Gasteiger charge is 2.37. The average Bonchev–Trinajstić information content (AvgIpc) is 3.05. The molecule has 1 amide bonds. The molecule has 1 saturated heterocycles. The van der Waals surface area contributed by atoms with E-state index >= 15 is 0 Å². The number of rotatable bonds is 11. The topological polar surface area (TPSA) is 71.1 Å². The van der Waals surface area contributed by atoms with Gasteiger partial charge in [0.2, 0.25) is 5.91 Å². The van der Waals surface area contributed by atoms with Crippen LogP contribution in [0.2, 0.25) is 5.02 Å². The standard InChI is InChI=1S/C37H46ClN3O4/c1-7-24(4)45-33-22-31-27(20-32(33)44-6)21-34(42)41(35(31)25-8-10-28(38)11-9-25)30-14-12-29(13-15-30)40(5)36(37(43)23(2)3)26-16-18-39-19-17-26/h8-15,20,22-24,26,35-36,39H,7,16-19,21H2,1-6H3. The SMILES string of the molecule is CCC(C)Oc1cc2c(cc1OC)CC(=O)N(c1ccc(N(C)C(C(=O)C(C)C)C3CCNCC3)cc1)C2c1ccc(Cl)cc1. The van der Waals surface area contributed by atoms with Gasteiger partial charge in [0, 0.05) is 29.4 Å². The maximum atomic E-state index is 14.0. The molecule has 0 aromatic heterocycles. The van der Waals surface area contributed by atoms with Crippen LogP contribution in [0.3, 0.4) is 0 Å². The molecule has 0 bridgehead atoms. The Morgan fingerprint density at radius 3 is 2.29 bits per heavy atom. The van der Waals surface area contributed by atoms with Crippen molar-refractivity contribution in [3.8, 4) is 11.5 Å². The third kappa shape index (κ3) is 7.00. The van der Waals surface area contributed by atoms with Crippen molar-refractivity contribution in [2.45, 2.75) is 71.6 Å². The van der Waals surface area contributed by atoms with Crippen LogP contribution in [0.25, 0.3) is 0 Å². The maximum absolute atomic E-state index is 14.0. The van der Waals surface area contributed by atoms with E-state index in [2.05, 4.69) is 17.1 Å². The largest absolute Gasteiger partial charge is 0.493 e. The van der Waals surface area contributed by atoms with Gasteiger partial charge in [-0.25, -0.2) is 0 Å². The molecule has 8 heteroatoms. The van der Waals surface area contributed by atoms with E-state index in [1.54, 1.807) is 7.11 Å². The number of likely N-dealkylation sites (N-methyl/N-ethyl adjacent to an activating group) is 1. The molecule has 7 nitrogen and oxygen atoms in total. The summed E-state index contributed by atoms with van der Waals surface area (Å²) in [6, 6.07) is 19.1. The molecule has 2 aliphatic heterocycles. The summed E-state index contributed by atoms with van der Waals surface area (Å²) in [5.74, 6) is 1.79. The zero-order valence-corrected chi connectivity index (χ0v) is 28.1. The monoisotopic (exact) mass is 631 g/mol. The Labute approximate surface area is 272 Å². The molecule has 0 radical (unpaired) electrons. The number of nitrogens with zero attached hydrogens (tertiary/aromatic N) is 2. The Kier molecular flexibility index (Phi) is 10.4. The molecule has 240 valence electrons. The van der Waals surface area contributed by atoms with Crippen LogP contribution in [0.1, 0.15) is 69.7 Å². The van der Waals surface area contributed by atoms with Crippen molar-refractivity contribution in [3.05, 3.63) is 82.4 Å². The number of carbonyl (C=O) groups is 2. The summed E-state index contributed by atoms with van der Waals surface area (Å²) >= 11 is 6.29. The second kappa shape index (κ2) is 14.3. The molecule has 0 spiro atoms. The summed E-state index contributed by atoms with van der Waals surface area (Å²) in [4.78, 5) is 31.5. The van der Waals surface area contributed by atoms with Gasteiger partial charge < -0.3 is 24.6 Å². The molecule has 5 rings (SSSR count). The summed E-state index contributed by atoms with van der Waals surface area (Å²) in [5, 5.41) is 4.06. The number of ketones is 1. The van der Waals surface area contributed by atoms with Crippen LogP contribution in [0.4, 0.5) is 11.4 Å². The fraction of sp³-hybridized carbons (Fsp3) is 0.459. The Balaban J connectivity index is 1.54. The first kappa shape index (κ1) is 32.8. The molecule has 3 atom stereocenters. The lowest BCUT2D eigenvalue weighted by Gasteiger charge is -2.39. The Morgan fingerprint density at radius 1 is 1.02 bits per heavy atom. The average molecular weight is 632 g/mol. The third-order valence-corrected chi connectivity index (χ3v) is 9.57. The molecule has 45 heavy (non-hydrogen) atoms. The number of amides is 1. The zero-order chi connectivity index (χ0) is 32.2. The van der Waals surface area contributed by atoms with Gasteiger partial charge in [-0.05, 0) is 110 Å². The number of anilines is 2. The number of ether oxygens (including phenoxy) is 2. The van der Waals surface area contributed by atoms with Gasteiger partial charge in [-0.1, -0.05) is 44.5 Å². The maximum Gasteiger partial charge on any atom is 0.232 e. The molecule has 2 aliphatic rings. The van der Waals surface area contributed by atoms with E-state index < -0.39 is 6.04 Å². The highest BCUT2D eigenvalue weighted by molar-refractivity contribution is 6.30. The van der Waals surface area contributed by atoms with Crippen molar-refractivity contribution >= 4 is 34.7 Å². The first-order valence-corrected chi connectivity index (χ1v) is 16.5. The van der Waals surface area contributed by atoms with Crippen LogP contribution < -0.4 is 24.6 Å². The van der Waals surface area contributed by atoms with Crippen molar-refractivity contribution in [1.82, 2.24) is 5.32 Å². The molecule has 1 N–H and O–H groups in total. The molecular formula is C37H46ClN3O4. The molecule has 3 unspecified atom stereocenters. The number of Topliss-reactive ketones (excluding diaryl/α,β-unsaturated/α-hetero) is 1. The van der Waals surface area contributed by atoms with Crippen molar-refractivity contribution in [3.63, 3.8) is 0 Å². The lowest BCUT2D eigenvalue weighted by molar-refractivity contribution is -0.124. The number of methoxy groups -OCH3 is 1. The fourth-order valence-corrected chi connectivity index (χ4v) is 6.75. The number of nitrogens with one attached hydrogen (secondary N) is 1. The lowest BCUT2D eigenvalue weighted by Crippen LogP contribution is -2.49. The van der Waals surface area contributed by atoms with Crippen LogP contribution in [-0.2, 0) is 16.0 Å². The van der Waals surface area contributed by atoms with E-state index in [1.165, 1.54) is 0 Å². The van der Waals surface area contributed by atoms with Crippen molar-refractivity contribution in [2.75, 3.05) is 37.0 Å². The van der Waals surface area contributed by atoms with Gasteiger partial charge in [0.05, 0.1) is 31.7 Å². The Bertz CT molecular complexity index is 1480.